The van der Waals surface area contributed by atoms with Gasteiger partial charge in [0.2, 0.25) is 0 Å². The van der Waals surface area contributed by atoms with Gasteiger partial charge in [-0.05, 0) is 24.6 Å². The molecule has 0 unspecified atom stereocenters. The van der Waals surface area contributed by atoms with Crippen LogP contribution >= 0.6 is 11.6 Å². The topological polar surface area (TPSA) is 76.5 Å². The number of halogens is 1. The molecule has 8 heteroatoms. The number of ether oxygens (including phenoxy) is 1. The average molecular weight is 377 g/mol. The first-order valence-electron chi connectivity index (χ1n) is 8.48. The first-order chi connectivity index (χ1) is 12.5. The zero-order valence-electron chi connectivity index (χ0n) is 14.8. The molecular formula is C18H21ClN4O3. The second-order valence-electron chi connectivity index (χ2n) is 6.07. The molecule has 1 aliphatic heterocycles. The van der Waals surface area contributed by atoms with Gasteiger partial charge in [-0.15, -0.1) is 0 Å². The molecule has 138 valence electrons. The maximum Gasteiger partial charge on any atom is 0.356 e. The largest absolute Gasteiger partial charge is 0.461 e. The van der Waals surface area contributed by atoms with Crippen molar-refractivity contribution in [1.82, 2.24) is 20.0 Å². The Bertz CT molecular complexity index is 817. The van der Waals surface area contributed by atoms with Gasteiger partial charge >= 0.3 is 12.0 Å². The number of urea groups is 1. The number of hydrogen-bond acceptors (Lipinski definition) is 4. The van der Waals surface area contributed by atoms with Gasteiger partial charge in [-0.1, -0.05) is 23.7 Å². The minimum Gasteiger partial charge on any atom is -0.461 e. The van der Waals surface area contributed by atoms with Crippen LogP contribution in [0.4, 0.5) is 4.79 Å². The molecule has 0 atom stereocenters. The van der Waals surface area contributed by atoms with E-state index in [1.165, 1.54) is 4.68 Å². The number of aromatic nitrogens is 2. The number of hydrogen-bond donors (Lipinski definition) is 1. The smallest absolute Gasteiger partial charge is 0.356 e. The lowest BCUT2D eigenvalue weighted by molar-refractivity contribution is 0.0511. The Kier molecular flexibility index (Phi) is 5.46. The quantitative estimate of drug-likeness (QED) is 0.832. The summed E-state index contributed by atoms with van der Waals surface area (Å²) in [6, 6.07) is 7.15. The summed E-state index contributed by atoms with van der Waals surface area (Å²) in [6.45, 7) is 3.36. The van der Waals surface area contributed by atoms with Gasteiger partial charge in [0.15, 0.2) is 5.69 Å². The summed E-state index contributed by atoms with van der Waals surface area (Å²) in [5.41, 5.74) is 2.99. The monoisotopic (exact) mass is 376 g/mol. The second-order valence-corrected chi connectivity index (χ2v) is 6.51. The third-order valence-corrected chi connectivity index (χ3v) is 4.56. The summed E-state index contributed by atoms with van der Waals surface area (Å²) in [5, 5.41) is 7.95. The molecule has 0 spiro atoms. The van der Waals surface area contributed by atoms with Gasteiger partial charge in [0.1, 0.15) is 0 Å². The molecule has 0 aliphatic carbocycles. The average Bonchev–Trinajstić information content (AvgIpc) is 2.96. The normalized spacial score (nSPS) is 13.3. The molecule has 2 heterocycles. The van der Waals surface area contributed by atoms with Gasteiger partial charge in [-0.2, -0.15) is 5.10 Å². The van der Waals surface area contributed by atoms with Gasteiger partial charge in [0.05, 0.1) is 18.8 Å². The maximum atomic E-state index is 12.5. The van der Waals surface area contributed by atoms with E-state index in [4.69, 9.17) is 16.3 Å². The molecule has 2 aromatic rings. The van der Waals surface area contributed by atoms with Gasteiger partial charge in [-0.25, -0.2) is 9.59 Å². The number of nitrogens with one attached hydrogen (secondary N) is 1. The molecule has 1 aromatic heterocycles. The predicted molar refractivity (Wildman–Crippen MR) is 97.0 cm³/mol. The lowest BCUT2D eigenvalue weighted by Gasteiger charge is -2.27. The number of carbonyl (C=O) groups excluding carboxylic acids is 2. The first-order valence-corrected chi connectivity index (χ1v) is 8.86. The van der Waals surface area contributed by atoms with E-state index in [2.05, 4.69) is 10.4 Å². The third kappa shape index (κ3) is 3.83. The Balaban J connectivity index is 1.68. The molecule has 7 nitrogen and oxygen atoms in total. The molecule has 0 saturated heterocycles. The first kappa shape index (κ1) is 18.3. The number of benzene rings is 1. The van der Waals surface area contributed by atoms with Gasteiger partial charge in [-0.3, -0.25) is 4.68 Å². The molecule has 3 rings (SSSR count). The number of rotatable bonds is 4. The van der Waals surface area contributed by atoms with Crippen molar-refractivity contribution >= 4 is 23.6 Å². The van der Waals surface area contributed by atoms with Crippen molar-refractivity contribution in [1.29, 1.82) is 0 Å². The van der Waals surface area contributed by atoms with E-state index in [1.807, 2.05) is 12.1 Å². The van der Waals surface area contributed by atoms with E-state index in [-0.39, 0.29) is 6.03 Å². The van der Waals surface area contributed by atoms with Crippen molar-refractivity contribution in [3.8, 4) is 0 Å². The Labute approximate surface area is 156 Å². The molecule has 2 amide bonds. The number of nitrogens with zero attached hydrogens (tertiary/aromatic N) is 3. The summed E-state index contributed by atoms with van der Waals surface area (Å²) < 4.78 is 6.65. The number of amides is 2. The standard InChI is InChI=1S/C18H21ClN4O3/c1-3-26-17(24)16-14-11-23(9-8-15(14)21-22(16)2)18(25)20-10-12-4-6-13(19)7-5-12/h4-7H,3,8-11H2,1-2H3,(H,20,25). The molecule has 1 aliphatic rings. The van der Waals surface area contributed by atoms with Crippen LogP contribution in [-0.4, -0.2) is 39.8 Å². The maximum absolute atomic E-state index is 12.5. The molecule has 26 heavy (non-hydrogen) atoms. The van der Waals surface area contributed by atoms with E-state index in [1.54, 1.807) is 31.0 Å². The fourth-order valence-electron chi connectivity index (χ4n) is 3.02. The highest BCUT2D eigenvalue weighted by Gasteiger charge is 2.29. The number of aryl methyl sites for hydroxylation is 1. The van der Waals surface area contributed by atoms with Gasteiger partial charge in [0.25, 0.3) is 0 Å². The van der Waals surface area contributed by atoms with Crippen molar-refractivity contribution in [3.05, 3.63) is 51.8 Å². The van der Waals surface area contributed by atoms with Crippen LogP contribution in [0.1, 0.15) is 34.2 Å². The third-order valence-electron chi connectivity index (χ3n) is 4.31. The summed E-state index contributed by atoms with van der Waals surface area (Å²) >= 11 is 5.87. The second kappa shape index (κ2) is 7.78. The van der Waals surface area contributed by atoms with E-state index in [0.29, 0.717) is 43.4 Å². The Morgan fingerprint density at radius 3 is 2.73 bits per heavy atom. The molecular weight excluding hydrogens is 356 g/mol. The predicted octanol–water partition coefficient (Wildman–Crippen LogP) is 2.52. The van der Waals surface area contributed by atoms with Crippen molar-refractivity contribution in [2.24, 2.45) is 7.05 Å². The van der Waals surface area contributed by atoms with E-state index in [0.717, 1.165) is 16.8 Å². The van der Waals surface area contributed by atoms with Crippen LogP contribution in [0.15, 0.2) is 24.3 Å². The highest BCUT2D eigenvalue weighted by molar-refractivity contribution is 6.30. The van der Waals surface area contributed by atoms with Crippen LogP contribution in [-0.2, 0) is 31.3 Å². The van der Waals surface area contributed by atoms with E-state index in [9.17, 15) is 9.59 Å². The zero-order valence-corrected chi connectivity index (χ0v) is 15.5. The van der Waals surface area contributed by atoms with Crippen LogP contribution in [0.25, 0.3) is 0 Å². The minimum absolute atomic E-state index is 0.177. The molecule has 0 fully saturated rings. The zero-order chi connectivity index (χ0) is 18.7. The van der Waals surface area contributed by atoms with Crippen LogP contribution in [0.3, 0.4) is 0 Å². The van der Waals surface area contributed by atoms with E-state index >= 15 is 0 Å². The summed E-state index contributed by atoms with van der Waals surface area (Å²) in [7, 11) is 1.72. The molecule has 0 bridgehead atoms. The van der Waals surface area contributed by atoms with Crippen molar-refractivity contribution in [3.63, 3.8) is 0 Å². The lowest BCUT2D eigenvalue weighted by atomic mass is 10.1. The summed E-state index contributed by atoms with van der Waals surface area (Å²) in [6.07, 6.45) is 0.608. The van der Waals surface area contributed by atoms with Crippen molar-refractivity contribution in [2.45, 2.75) is 26.4 Å². The minimum atomic E-state index is -0.410. The van der Waals surface area contributed by atoms with Crippen LogP contribution in [0, 0.1) is 0 Å². The number of carbonyl (C=O) groups is 2. The fourth-order valence-corrected chi connectivity index (χ4v) is 3.15. The van der Waals surface area contributed by atoms with Crippen molar-refractivity contribution in [2.75, 3.05) is 13.2 Å². The summed E-state index contributed by atoms with van der Waals surface area (Å²) in [4.78, 5) is 26.4. The highest BCUT2D eigenvalue weighted by Crippen LogP contribution is 2.22. The molecule has 0 radical (unpaired) electrons. The van der Waals surface area contributed by atoms with Crippen molar-refractivity contribution < 1.29 is 14.3 Å². The van der Waals surface area contributed by atoms with Crippen LogP contribution in [0.5, 0.6) is 0 Å². The fraction of sp³-hybridized carbons (Fsp3) is 0.389. The van der Waals surface area contributed by atoms with Gasteiger partial charge < -0.3 is 15.0 Å². The van der Waals surface area contributed by atoms with Gasteiger partial charge in [0, 0.05) is 37.1 Å². The van der Waals surface area contributed by atoms with Crippen LogP contribution < -0.4 is 5.32 Å². The molecule has 1 N–H and O–H groups in total. The lowest BCUT2D eigenvalue weighted by Crippen LogP contribution is -2.42. The number of esters is 1. The summed E-state index contributed by atoms with van der Waals surface area (Å²) in [5.74, 6) is -0.410. The Morgan fingerprint density at radius 2 is 2.04 bits per heavy atom. The van der Waals surface area contributed by atoms with E-state index < -0.39 is 5.97 Å². The Hall–Kier alpha value is -2.54. The SMILES string of the molecule is CCOC(=O)c1c2c(nn1C)CCN(C(=O)NCc1ccc(Cl)cc1)C2. The number of fused-ring (bicyclic) bond motifs is 1. The van der Waals surface area contributed by atoms with Crippen LogP contribution in [0.2, 0.25) is 5.02 Å². The highest BCUT2D eigenvalue weighted by atomic mass is 35.5. The Morgan fingerprint density at radius 1 is 1.31 bits per heavy atom. The molecule has 1 aromatic carbocycles. The molecule has 0 saturated carbocycles.